The Hall–Kier alpha value is -3.00. The highest BCUT2D eigenvalue weighted by molar-refractivity contribution is 5.88. The normalized spacial score (nSPS) is 9.57. The Labute approximate surface area is 137 Å². The average molecular weight is 294 g/mol. The van der Waals surface area contributed by atoms with Gasteiger partial charge in [0, 0.05) is 12.0 Å². The van der Waals surface area contributed by atoms with Gasteiger partial charge in [-0.3, -0.25) is 0 Å². The predicted molar refractivity (Wildman–Crippen MR) is 99.0 cm³/mol. The van der Waals surface area contributed by atoms with E-state index in [-0.39, 0.29) is 0 Å². The summed E-state index contributed by atoms with van der Waals surface area (Å²) in [5, 5.41) is 2.46. The smallest absolute Gasteiger partial charge is 0.0323 e. The first-order valence-electron chi connectivity index (χ1n) is 7.86. The molecule has 0 heterocycles. The van der Waals surface area contributed by atoms with Crippen LogP contribution in [-0.4, -0.2) is 0 Å². The third-order valence-corrected chi connectivity index (χ3v) is 3.59. The second-order valence-corrected chi connectivity index (χ2v) is 5.29. The van der Waals surface area contributed by atoms with E-state index in [4.69, 9.17) is 0 Å². The predicted octanol–water partition coefficient (Wildman–Crippen LogP) is 5.84. The lowest BCUT2D eigenvalue weighted by molar-refractivity contribution is 1.09. The molecule has 3 aromatic rings. The van der Waals surface area contributed by atoms with Gasteiger partial charge in [0.2, 0.25) is 0 Å². The molecule has 23 heavy (non-hydrogen) atoms. The van der Waals surface area contributed by atoms with Crippen LogP contribution in [0.5, 0.6) is 0 Å². The SMILES string of the molecule is C(=CCCC#Cc1cccc2ccccc12)=Cc1ccccc1. The van der Waals surface area contributed by atoms with Gasteiger partial charge in [0.15, 0.2) is 0 Å². The maximum absolute atomic E-state index is 3.29. The highest BCUT2D eigenvalue weighted by Gasteiger charge is 1.95. The molecule has 0 unspecified atom stereocenters. The molecular formula is C23H18. The summed E-state index contributed by atoms with van der Waals surface area (Å²) < 4.78 is 0. The lowest BCUT2D eigenvalue weighted by Gasteiger charge is -1.99. The number of hydrogen-bond acceptors (Lipinski definition) is 0. The molecule has 0 bridgehead atoms. The van der Waals surface area contributed by atoms with Crippen LogP contribution in [0.15, 0.2) is 84.6 Å². The molecule has 0 atom stereocenters. The van der Waals surface area contributed by atoms with Crippen molar-refractivity contribution in [1.82, 2.24) is 0 Å². The summed E-state index contributed by atoms with van der Waals surface area (Å²) in [5.74, 6) is 6.55. The number of benzene rings is 3. The Morgan fingerprint density at radius 2 is 1.57 bits per heavy atom. The van der Waals surface area contributed by atoms with Gasteiger partial charge in [-0.25, -0.2) is 0 Å². The Morgan fingerprint density at radius 1 is 0.783 bits per heavy atom. The topological polar surface area (TPSA) is 0 Å². The quantitative estimate of drug-likeness (QED) is 0.323. The lowest BCUT2D eigenvalue weighted by Crippen LogP contribution is -1.78. The highest BCUT2D eigenvalue weighted by Crippen LogP contribution is 2.17. The number of allylic oxidation sites excluding steroid dienone is 1. The molecule has 0 fully saturated rings. The maximum Gasteiger partial charge on any atom is 0.0323 e. The zero-order chi connectivity index (χ0) is 15.7. The van der Waals surface area contributed by atoms with Crippen LogP contribution in [0.4, 0.5) is 0 Å². The molecule has 0 aliphatic rings. The largest absolute Gasteiger partial charge is 0.125 e. The highest BCUT2D eigenvalue weighted by atomic mass is 14.0. The van der Waals surface area contributed by atoms with Crippen molar-refractivity contribution in [3.63, 3.8) is 0 Å². The summed E-state index contributed by atoms with van der Waals surface area (Å²) in [6.45, 7) is 0. The Bertz CT molecular complexity index is 893. The zero-order valence-electron chi connectivity index (χ0n) is 13.0. The minimum absolute atomic E-state index is 0.846. The van der Waals surface area contributed by atoms with Gasteiger partial charge < -0.3 is 0 Å². The van der Waals surface area contributed by atoms with Crippen LogP contribution in [0.1, 0.15) is 24.0 Å². The standard InChI is InChI=1S/C23H18/c1(2-5-12-20-13-6-4-7-14-20)3-8-15-21-17-11-18-22-16-9-10-19-23(21)22/h2,4,6-7,9-14,16-19H,1,3H2. The first-order valence-corrected chi connectivity index (χ1v) is 7.86. The van der Waals surface area contributed by atoms with Gasteiger partial charge in [-0.05, 0) is 41.0 Å². The molecule has 0 heteroatoms. The van der Waals surface area contributed by atoms with Crippen LogP contribution in [0.2, 0.25) is 0 Å². The molecule has 0 saturated carbocycles. The summed E-state index contributed by atoms with van der Waals surface area (Å²) in [6, 6.07) is 24.9. The van der Waals surface area contributed by atoms with Gasteiger partial charge >= 0.3 is 0 Å². The van der Waals surface area contributed by atoms with Crippen molar-refractivity contribution >= 4 is 16.8 Å². The van der Waals surface area contributed by atoms with Gasteiger partial charge in [0.05, 0.1) is 0 Å². The van der Waals surface area contributed by atoms with Crippen molar-refractivity contribution in [3.8, 4) is 11.8 Å². The number of rotatable bonds is 3. The summed E-state index contributed by atoms with van der Waals surface area (Å²) in [7, 11) is 0. The van der Waals surface area contributed by atoms with E-state index in [2.05, 4.69) is 72.2 Å². The van der Waals surface area contributed by atoms with Gasteiger partial charge in [-0.2, -0.15) is 0 Å². The molecule has 0 nitrogen and oxygen atoms in total. The zero-order valence-corrected chi connectivity index (χ0v) is 13.0. The average Bonchev–Trinajstić information content (AvgIpc) is 2.62. The Balaban J connectivity index is 1.61. The lowest BCUT2D eigenvalue weighted by atomic mass is 10.0. The summed E-state index contributed by atoms with van der Waals surface area (Å²) in [6.07, 6.45) is 5.81. The molecule has 0 radical (unpaired) electrons. The van der Waals surface area contributed by atoms with E-state index in [1.165, 1.54) is 16.3 Å². The number of unbranched alkanes of at least 4 members (excludes halogenated alkanes) is 1. The van der Waals surface area contributed by atoms with E-state index < -0.39 is 0 Å². The molecule has 0 aromatic heterocycles. The summed E-state index contributed by atoms with van der Waals surface area (Å²) >= 11 is 0. The van der Waals surface area contributed by atoms with E-state index in [0.717, 1.165) is 18.4 Å². The van der Waals surface area contributed by atoms with Crippen molar-refractivity contribution in [2.75, 3.05) is 0 Å². The molecule has 0 amide bonds. The fraction of sp³-hybridized carbons (Fsp3) is 0.0870. The van der Waals surface area contributed by atoms with Crippen LogP contribution >= 0.6 is 0 Å². The molecule has 0 spiro atoms. The molecule has 0 aliphatic heterocycles. The van der Waals surface area contributed by atoms with Crippen molar-refractivity contribution < 1.29 is 0 Å². The van der Waals surface area contributed by atoms with E-state index in [0.29, 0.717) is 0 Å². The second kappa shape index (κ2) is 7.85. The number of fused-ring (bicyclic) bond motifs is 1. The Kier molecular flexibility index (Phi) is 5.09. The van der Waals surface area contributed by atoms with Gasteiger partial charge in [-0.15, -0.1) is 5.73 Å². The monoisotopic (exact) mass is 294 g/mol. The summed E-state index contributed by atoms with van der Waals surface area (Å²) in [5.41, 5.74) is 5.49. The molecule has 3 rings (SSSR count). The van der Waals surface area contributed by atoms with Crippen LogP contribution in [0.25, 0.3) is 16.8 Å². The fourth-order valence-corrected chi connectivity index (χ4v) is 2.42. The third kappa shape index (κ3) is 4.24. The molecule has 3 aromatic carbocycles. The molecule has 0 N–H and O–H groups in total. The van der Waals surface area contributed by atoms with Crippen molar-refractivity contribution in [2.45, 2.75) is 12.8 Å². The van der Waals surface area contributed by atoms with E-state index in [1.807, 2.05) is 30.4 Å². The summed E-state index contributed by atoms with van der Waals surface area (Å²) in [4.78, 5) is 0. The van der Waals surface area contributed by atoms with Crippen molar-refractivity contribution in [3.05, 3.63) is 95.7 Å². The van der Waals surface area contributed by atoms with E-state index in [1.54, 1.807) is 0 Å². The fourth-order valence-electron chi connectivity index (χ4n) is 2.42. The molecular weight excluding hydrogens is 276 g/mol. The number of hydrogen-bond donors (Lipinski definition) is 0. The van der Waals surface area contributed by atoms with Gasteiger partial charge in [-0.1, -0.05) is 78.6 Å². The van der Waals surface area contributed by atoms with E-state index >= 15 is 0 Å². The van der Waals surface area contributed by atoms with Crippen molar-refractivity contribution in [2.24, 2.45) is 0 Å². The Morgan fingerprint density at radius 3 is 2.48 bits per heavy atom. The molecule has 110 valence electrons. The molecule has 0 saturated heterocycles. The molecule has 0 aliphatic carbocycles. The van der Waals surface area contributed by atoms with Crippen LogP contribution in [0.3, 0.4) is 0 Å². The minimum atomic E-state index is 0.846. The van der Waals surface area contributed by atoms with Gasteiger partial charge in [0.25, 0.3) is 0 Å². The van der Waals surface area contributed by atoms with Crippen LogP contribution in [-0.2, 0) is 0 Å². The first-order chi connectivity index (χ1) is 11.4. The van der Waals surface area contributed by atoms with Crippen LogP contribution < -0.4 is 0 Å². The van der Waals surface area contributed by atoms with Gasteiger partial charge in [0.1, 0.15) is 0 Å². The van der Waals surface area contributed by atoms with Crippen molar-refractivity contribution in [1.29, 1.82) is 0 Å². The van der Waals surface area contributed by atoms with E-state index in [9.17, 15) is 0 Å². The third-order valence-electron chi connectivity index (χ3n) is 3.59. The second-order valence-electron chi connectivity index (χ2n) is 5.29. The first kappa shape index (κ1) is 14.9. The minimum Gasteiger partial charge on any atom is -0.125 e. The maximum atomic E-state index is 3.29. The van der Waals surface area contributed by atoms with Crippen LogP contribution in [0, 0.1) is 11.8 Å².